The first kappa shape index (κ1) is 24.9. The summed E-state index contributed by atoms with van der Waals surface area (Å²) < 4.78 is 62.9. The molecule has 0 saturated carbocycles. The second-order valence-electron chi connectivity index (χ2n) is 8.85. The number of nitrogens with two attached hydrogens (primary N) is 1. The number of primary sulfonamides is 1. The lowest BCUT2D eigenvalue weighted by molar-refractivity contribution is -0.0214. The average molecular weight is 532 g/mol. The summed E-state index contributed by atoms with van der Waals surface area (Å²) in [6.45, 7) is 2.42. The lowest BCUT2D eigenvalue weighted by Gasteiger charge is -2.31. The lowest BCUT2D eigenvalue weighted by Crippen LogP contribution is -2.45. The first-order valence-electron chi connectivity index (χ1n) is 11.3. The van der Waals surface area contributed by atoms with E-state index < -0.39 is 33.9 Å². The van der Waals surface area contributed by atoms with Gasteiger partial charge in [-0.1, -0.05) is 0 Å². The highest BCUT2D eigenvalue weighted by Crippen LogP contribution is 2.33. The molecule has 5 rings (SSSR count). The van der Waals surface area contributed by atoms with E-state index in [9.17, 15) is 18.3 Å². The summed E-state index contributed by atoms with van der Waals surface area (Å²) >= 11 is 0. The van der Waals surface area contributed by atoms with Crippen LogP contribution in [-0.2, 0) is 21.2 Å². The van der Waals surface area contributed by atoms with Crippen molar-refractivity contribution in [1.29, 1.82) is 0 Å². The maximum atomic E-state index is 15.5. The predicted molar refractivity (Wildman–Crippen MR) is 129 cm³/mol. The van der Waals surface area contributed by atoms with Gasteiger partial charge < -0.3 is 23.7 Å². The number of carboxylic acid groups (broad SMARTS) is 1. The molecule has 4 aromatic rings. The van der Waals surface area contributed by atoms with Gasteiger partial charge in [-0.3, -0.25) is 0 Å². The zero-order valence-corrected chi connectivity index (χ0v) is 20.5. The second kappa shape index (κ2) is 9.25. The Morgan fingerprint density at radius 2 is 1.95 bits per heavy atom. The standard InChI is InChI=1S/C24H23F2N5O5S/c1-14-2-5-31-20(11-16-12-30(24(32)33)6-7-36-16)23(28-21(31)8-14)22-18(25)9-15(10-19(22)26)29-4-3-17(13-29)37(27,34)35/h2-5,8-10,13,16H,6-7,11-12H2,1H3,(H,32,33)(H2,27,34,35). The number of nitrogens with zero attached hydrogens (tertiary/aromatic N) is 4. The number of morpholine rings is 1. The van der Waals surface area contributed by atoms with E-state index in [0.717, 1.165) is 23.9 Å². The predicted octanol–water partition coefficient (Wildman–Crippen LogP) is 2.95. The van der Waals surface area contributed by atoms with Crippen LogP contribution in [0, 0.1) is 18.6 Å². The summed E-state index contributed by atoms with van der Waals surface area (Å²) in [5.74, 6) is -1.81. The van der Waals surface area contributed by atoms with Crippen LogP contribution in [0.25, 0.3) is 22.6 Å². The lowest BCUT2D eigenvalue weighted by atomic mass is 10.0. The highest BCUT2D eigenvalue weighted by Gasteiger charge is 2.28. The number of sulfonamides is 1. The molecule has 13 heteroatoms. The van der Waals surface area contributed by atoms with Crippen LogP contribution in [-0.4, -0.2) is 64.3 Å². The van der Waals surface area contributed by atoms with Crippen molar-refractivity contribution < 1.29 is 31.8 Å². The molecule has 10 nitrogen and oxygen atoms in total. The quantitative estimate of drug-likeness (QED) is 0.407. The molecule has 3 aromatic heterocycles. The molecule has 1 atom stereocenters. The normalized spacial score (nSPS) is 16.4. The van der Waals surface area contributed by atoms with Crippen LogP contribution in [0.15, 0.2) is 53.8 Å². The van der Waals surface area contributed by atoms with Crippen LogP contribution >= 0.6 is 0 Å². The summed E-state index contributed by atoms with van der Waals surface area (Å²) in [5, 5.41) is 14.5. The van der Waals surface area contributed by atoms with Crippen molar-refractivity contribution in [1.82, 2.24) is 18.9 Å². The molecule has 1 unspecified atom stereocenters. The van der Waals surface area contributed by atoms with Gasteiger partial charge in [-0.05, 0) is 42.8 Å². The molecule has 37 heavy (non-hydrogen) atoms. The number of pyridine rings is 1. The van der Waals surface area contributed by atoms with E-state index in [1.165, 1.54) is 21.7 Å². The number of rotatable bonds is 5. The van der Waals surface area contributed by atoms with Crippen LogP contribution in [0.1, 0.15) is 11.3 Å². The molecule has 0 spiro atoms. The molecular weight excluding hydrogens is 508 g/mol. The highest BCUT2D eigenvalue weighted by molar-refractivity contribution is 7.89. The Hall–Kier alpha value is -3.81. The Bertz CT molecular complexity index is 1610. The van der Waals surface area contributed by atoms with Crippen molar-refractivity contribution in [3.63, 3.8) is 0 Å². The minimum absolute atomic E-state index is 0.0579. The molecule has 1 aliphatic heterocycles. The summed E-state index contributed by atoms with van der Waals surface area (Å²) in [4.78, 5) is 17.0. The Balaban J connectivity index is 1.59. The van der Waals surface area contributed by atoms with Crippen molar-refractivity contribution >= 4 is 21.8 Å². The zero-order chi connectivity index (χ0) is 26.5. The van der Waals surface area contributed by atoms with Gasteiger partial charge in [0.25, 0.3) is 0 Å². The summed E-state index contributed by atoms with van der Waals surface area (Å²) in [5.41, 5.74) is 1.61. The van der Waals surface area contributed by atoms with Gasteiger partial charge >= 0.3 is 6.09 Å². The number of ether oxygens (including phenoxy) is 1. The third kappa shape index (κ3) is 4.80. The van der Waals surface area contributed by atoms with E-state index >= 15 is 8.78 Å². The van der Waals surface area contributed by atoms with Gasteiger partial charge in [0.2, 0.25) is 10.0 Å². The molecule has 1 fully saturated rings. The van der Waals surface area contributed by atoms with Gasteiger partial charge in [0, 0.05) is 31.6 Å². The van der Waals surface area contributed by atoms with Gasteiger partial charge in [0.15, 0.2) is 0 Å². The Kier molecular flexibility index (Phi) is 6.22. The zero-order valence-electron chi connectivity index (χ0n) is 19.6. The number of amides is 1. The van der Waals surface area contributed by atoms with E-state index in [2.05, 4.69) is 4.98 Å². The second-order valence-corrected chi connectivity index (χ2v) is 10.4. The van der Waals surface area contributed by atoms with Gasteiger partial charge in [0.05, 0.1) is 46.8 Å². The average Bonchev–Trinajstić information content (AvgIpc) is 3.45. The van der Waals surface area contributed by atoms with Gasteiger partial charge in [-0.2, -0.15) is 0 Å². The molecule has 3 N–H and O–H groups in total. The molecule has 1 amide bonds. The number of hydrogen-bond acceptors (Lipinski definition) is 5. The van der Waals surface area contributed by atoms with E-state index in [1.54, 1.807) is 16.7 Å². The molecule has 0 aliphatic carbocycles. The van der Waals surface area contributed by atoms with Gasteiger partial charge in [0.1, 0.15) is 17.3 Å². The molecule has 1 saturated heterocycles. The fourth-order valence-corrected chi connectivity index (χ4v) is 4.98. The van der Waals surface area contributed by atoms with E-state index in [-0.39, 0.29) is 48.0 Å². The third-order valence-electron chi connectivity index (χ3n) is 6.27. The molecule has 1 aromatic carbocycles. The number of carbonyl (C=O) groups is 1. The molecular formula is C24H23F2N5O5S. The molecule has 194 valence electrons. The Labute approximate surface area is 210 Å². The minimum atomic E-state index is -3.98. The van der Waals surface area contributed by atoms with Crippen molar-refractivity contribution in [2.45, 2.75) is 24.3 Å². The number of fused-ring (bicyclic) bond motifs is 1. The summed E-state index contributed by atoms with van der Waals surface area (Å²) in [6.07, 6.45) is 2.81. The fourth-order valence-electron chi connectivity index (χ4n) is 4.47. The molecule has 0 radical (unpaired) electrons. The van der Waals surface area contributed by atoms with Gasteiger partial charge in [-0.25, -0.2) is 32.1 Å². The van der Waals surface area contributed by atoms with E-state index in [4.69, 9.17) is 9.88 Å². The highest BCUT2D eigenvalue weighted by atomic mass is 32.2. The van der Waals surface area contributed by atoms with Crippen molar-refractivity contribution in [2.75, 3.05) is 19.7 Å². The SMILES string of the molecule is Cc1ccn2c(CC3CN(C(=O)O)CCO3)c(-c3c(F)cc(-n4ccc(S(N)(=O)=O)c4)cc3F)nc2c1. The number of benzene rings is 1. The Morgan fingerprint density at radius 1 is 1.22 bits per heavy atom. The van der Waals surface area contributed by atoms with Crippen molar-refractivity contribution in [2.24, 2.45) is 5.14 Å². The first-order chi connectivity index (χ1) is 17.5. The molecule has 0 bridgehead atoms. The maximum Gasteiger partial charge on any atom is 0.407 e. The number of halogens is 2. The summed E-state index contributed by atoms with van der Waals surface area (Å²) in [6, 6.07) is 6.99. The van der Waals surface area contributed by atoms with Crippen LogP contribution in [0.4, 0.5) is 13.6 Å². The van der Waals surface area contributed by atoms with Crippen LogP contribution in [0.2, 0.25) is 0 Å². The maximum absolute atomic E-state index is 15.5. The largest absolute Gasteiger partial charge is 0.465 e. The minimum Gasteiger partial charge on any atom is -0.465 e. The van der Waals surface area contributed by atoms with Crippen LogP contribution in [0.5, 0.6) is 0 Å². The number of aromatic nitrogens is 3. The Morgan fingerprint density at radius 3 is 2.59 bits per heavy atom. The van der Waals surface area contributed by atoms with Crippen molar-refractivity contribution in [3.05, 3.63) is 71.8 Å². The molecule has 4 heterocycles. The van der Waals surface area contributed by atoms with Gasteiger partial charge in [-0.15, -0.1) is 0 Å². The third-order valence-corrected chi connectivity index (χ3v) is 7.17. The number of imidazole rings is 1. The smallest absolute Gasteiger partial charge is 0.407 e. The van der Waals surface area contributed by atoms with Crippen molar-refractivity contribution in [3.8, 4) is 16.9 Å². The topological polar surface area (TPSA) is 132 Å². The van der Waals surface area contributed by atoms with Crippen LogP contribution < -0.4 is 5.14 Å². The van der Waals surface area contributed by atoms with E-state index in [0.29, 0.717) is 11.3 Å². The fraction of sp³-hybridized carbons (Fsp3) is 0.250. The molecule has 1 aliphatic rings. The monoisotopic (exact) mass is 531 g/mol. The summed E-state index contributed by atoms with van der Waals surface area (Å²) in [7, 11) is -3.98. The van der Waals surface area contributed by atoms with E-state index in [1.807, 2.05) is 13.0 Å². The number of hydrogen-bond donors (Lipinski definition) is 2. The van der Waals surface area contributed by atoms with Crippen LogP contribution in [0.3, 0.4) is 0 Å². The number of aryl methyl sites for hydroxylation is 1. The first-order valence-corrected chi connectivity index (χ1v) is 12.8.